The minimum Gasteiger partial charge on any atom is -0.504 e. The van der Waals surface area contributed by atoms with Gasteiger partial charge in [0.25, 0.3) is 0 Å². The number of phenols is 1. The van der Waals surface area contributed by atoms with Gasteiger partial charge in [0.2, 0.25) is 0 Å². The number of para-hydroxylation sites is 1. The van der Waals surface area contributed by atoms with E-state index in [1.807, 2.05) is 12.1 Å². The third kappa shape index (κ3) is 5.22. The first-order chi connectivity index (χ1) is 14.1. The Labute approximate surface area is 172 Å². The molecule has 29 heavy (non-hydrogen) atoms. The van der Waals surface area contributed by atoms with Crippen molar-refractivity contribution in [3.63, 3.8) is 0 Å². The van der Waals surface area contributed by atoms with Crippen LogP contribution in [0.5, 0.6) is 11.5 Å². The lowest BCUT2D eigenvalue weighted by Gasteiger charge is -2.12. The fraction of sp³-hybridized carbons (Fsp3) is 0.348. The summed E-state index contributed by atoms with van der Waals surface area (Å²) in [6.07, 6.45) is 3.78. The average molecular weight is 395 g/mol. The topological polar surface area (TPSA) is 81.7 Å². The van der Waals surface area contributed by atoms with Gasteiger partial charge < -0.3 is 25.5 Å². The van der Waals surface area contributed by atoms with Crippen LogP contribution in [0.2, 0.25) is 0 Å². The van der Waals surface area contributed by atoms with Crippen LogP contribution in [0.3, 0.4) is 0 Å². The van der Waals surface area contributed by atoms with Crippen molar-refractivity contribution in [3.8, 4) is 11.5 Å². The minimum atomic E-state index is 0.159. The number of H-pyrrole nitrogens is 1. The second kappa shape index (κ2) is 9.87. The third-order valence-corrected chi connectivity index (χ3v) is 4.96. The van der Waals surface area contributed by atoms with Gasteiger partial charge in [-0.15, -0.1) is 0 Å². The summed E-state index contributed by atoms with van der Waals surface area (Å²) in [5.74, 6) is 1.47. The molecule has 1 heterocycles. The lowest BCUT2D eigenvalue weighted by molar-refractivity contribution is 0.373. The summed E-state index contributed by atoms with van der Waals surface area (Å²) in [4.78, 5) is 8.09. The van der Waals surface area contributed by atoms with E-state index in [-0.39, 0.29) is 5.75 Å². The largest absolute Gasteiger partial charge is 0.504 e. The second-order valence-corrected chi connectivity index (χ2v) is 7.01. The number of guanidine groups is 1. The van der Waals surface area contributed by atoms with Gasteiger partial charge in [-0.1, -0.05) is 24.3 Å². The number of aromatic amines is 1. The van der Waals surface area contributed by atoms with Crippen LogP contribution in [0.15, 0.2) is 47.6 Å². The highest BCUT2D eigenvalue weighted by molar-refractivity contribution is 5.86. The molecule has 0 atom stereocenters. The van der Waals surface area contributed by atoms with E-state index >= 15 is 0 Å². The molecule has 4 N–H and O–H groups in total. The smallest absolute Gasteiger partial charge is 0.191 e. The zero-order valence-electron chi connectivity index (χ0n) is 17.4. The van der Waals surface area contributed by atoms with E-state index in [1.165, 1.54) is 22.0 Å². The molecule has 154 valence electrons. The van der Waals surface area contributed by atoms with Crippen LogP contribution in [0, 0.1) is 6.92 Å². The molecule has 0 aliphatic carbocycles. The van der Waals surface area contributed by atoms with Gasteiger partial charge in [0.1, 0.15) is 0 Å². The van der Waals surface area contributed by atoms with E-state index in [0.29, 0.717) is 12.3 Å². The normalized spacial score (nSPS) is 11.6. The molecule has 0 saturated heterocycles. The summed E-state index contributed by atoms with van der Waals surface area (Å²) >= 11 is 0. The van der Waals surface area contributed by atoms with Crippen molar-refractivity contribution in [1.29, 1.82) is 0 Å². The van der Waals surface area contributed by atoms with Crippen molar-refractivity contribution < 1.29 is 9.84 Å². The number of nitrogens with zero attached hydrogens (tertiary/aromatic N) is 1. The van der Waals surface area contributed by atoms with Gasteiger partial charge in [-0.3, -0.25) is 4.99 Å². The molecule has 0 bridgehead atoms. The molecule has 0 aliphatic rings. The van der Waals surface area contributed by atoms with Crippen LogP contribution < -0.4 is 15.4 Å². The summed E-state index contributed by atoms with van der Waals surface area (Å²) in [5, 5.41) is 17.6. The Hall–Kier alpha value is -3.15. The van der Waals surface area contributed by atoms with E-state index in [4.69, 9.17) is 9.73 Å². The zero-order valence-corrected chi connectivity index (χ0v) is 17.4. The number of rotatable bonds is 8. The Balaban J connectivity index is 1.56. The number of aryl methyl sites for hydroxylation is 1. The van der Waals surface area contributed by atoms with Gasteiger partial charge in [-0.05, 0) is 55.5 Å². The highest BCUT2D eigenvalue weighted by Crippen LogP contribution is 2.26. The maximum absolute atomic E-state index is 9.70. The zero-order chi connectivity index (χ0) is 20.6. The Kier molecular flexibility index (Phi) is 7.00. The standard InChI is InChI=1S/C23H30N4O2/c1-4-24-23(25-12-10-17-8-9-20(28)21(14-17)29-3)26-13-11-18-15-27-22-16(2)6-5-7-19(18)22/h5-9,14-15,27-28H,4,10-13H2,1-3H3,(H2,24,25,26). The number of ether oxygens (including phenoxy) is 1. The van der Waals surface area contributed by atoms with Crippen molar-refractivity contribution >= 4 is 16.9 Å². The number of nitrogens with one attached hydrogen (secondary N) is 3. The van der Waals surface area contributed by atoms with Crippen LogP contribution in [0.25, 0.3) is 10.9 Å². The summed E-state index contributed by atoms with van der Waals surface area (Å²) in [7, 11) is 1.56. The Morgan fingerprint density at radius 1 is 1.17 bits per heavy atom. The van der Waals surface area contributed by atoms with Crippen molar-refractivity contribution in [1.82, 2.24) is 15.6 Å². The summed E-state index contributed by atoms with van der Waals surface area (Å²) in [5.41, 5.74) is 4.86. The van der Waals surface area contributed by atoms with Crippen molar-refractivity contribution in [2.24, 2.45) is 4.99 Å². The monoisotopic (exact) mass is 394 g/mol. The Morgan fingerprint density at radius 2 is 2.03 bits per heavy atom. The van der Waals surface area contributed by atoms with Crippen LogP contribution >= 0.6 is 0 Å². The Bertz CT molecular complexity index is 978. The summed E-state index contributed by atoms with van der Waals surface area (Å²) < 4.78 is 5.17. The number of methoxy groups -OCH3 is 1. The van der Waals surface area contributed by atoms with Crippen molar-refractivity contribution in [3.05, 3.63) is 59.3 Å². The number of hydrogen-bond acceptors (Lipinski definition) is 3. The molecule has 0 saturated carbocycles. The molecule has 6 nitrogen and oxygen atoms in total. The SMILES string of the molecule is CCNC(=NCCc1c[nH]c2c(C)cccc12)NCCc1ccc(O)c(OC)c1. The molecule has 6 heteroatoms. The van der Waals surface area contributed by atoms with Gasteiger partial charge in [0.05, 0.1) is 7.11 Å². The highest BCUT2D eigenvalue weighted by Gasteiger charge is 2.06. The quantitative estimate of drug-likeness (QED) is 0.348. The minimum absolute atomic E-state index is 0.159. The molecule has 0 fully saturated rings. The molecule has 3 aromatic rings. The molecular formula is C23H30N4O2. The van der Waals surface area contributed by atoms with Gasteiger partial charge in [-0.25, -0.2) is 0 Å². The summed E-state index contributed by atoms with van der Waals surface area (Å²) in [6, 6.07) is 11.8. The number of fused-ring (bicyclic) bond motifs is 1. The first-order valence-electron chi connectivity index (χ1n) is 10.1. The molecule has 0 unspecified atom stereocenters. The van der Waals surface area contributed by atoms with Crippen LogP contribution in [-0.2, 0) is 12.8 Å². The number of phenolic OH excluding ortho intramolecular Hbond substituents is 1. The lowest BCUT2D eigenvalue weighted by Crippen LogP contribution is -2.38. The van der Waals surface area contributed by atoms with Gasteiger partial charge in [0.15, 0.2) is 17.5 Å². The third-order valence-electron chi connectivity index (χ3n) is 4.96. The van der Waals surface area contributed by atoms with E-state index in [2.05, 4.69) is 53.9 Å². The van der Waals surface area contributed by atoms with Crippen LogP contribution in [0.1, 0.15) is 23.6 Å². The molecule has 0 spiro atoms. The van der Waals surface area contributed by atoms with Crippen LogP contribution in [-0.4, -0.2) is 42.8 Å². The van der Waals surface area contributed by atoms with Gasteiger partial charge >= 0.3 is 0 Å². The molecule has 0 radical (unpaired) electrons. The van der Waals surface area contributed by atoms with Crippen molar-refractivity contribution in [2.75, 3.05) is 26.7 Å². The lowest BCUT2D eigenvalue weighted by atomic mass is 10.1. The Morgan fingerprint density at radius 3 is 2.83 bits per heavy atom. The van der Waals surface area contributed by atoms with E-state index in [9.17, 15) is 5.11 Å². The highest BCUT2D eigenvalue weighted by atomic mass is 16.5. The van der Waals surface area contributed by atoms with E-state index in [1.54, 1.807) is 13.2 Å². The first kappa shape index (κ1) is 20.6. The van der Waals surface area contributed by atoms with E-state index in [0.717, 1.165) is 37.5 Å². The van der Waals surface area contributed by atoms with Gasteiger partial charge in [0, 0.05) is 36.7 Å². The number of aromatic nitrogens is 1. The predicted octanol–water partition coefficient (Wildman–Crippen LogP) is 3.53. The molecule has 3 rings (SSSR count). The molecule has 1 aromatic heterocycles. The van der Waals surface area contributed by atoms with Crippen molar-refractivity contribution in [2.45, 2.75) is 26.7 Å². The average Bonchev–Trinajstić information content (AvgIpc) is 3.14. The van der Waals surface area contributed by atoms with Crippen LogP contribution in [0.4, 0.5) is 0 Å². The number of hydrogen-bond donors (Lipinski definition) is 4. The molecular weight excluding hydrogens is 364 g/mol. The van der Waals surface area contributed by atoms with Gasteiger partial charge in [-0.2, -0.15) is 0 Å². The first-order valence-corrected chi connectivity index (χ1v) is 10.1. The molecule has 0 amide bonds. The van der Waals surface area contributed by atoms with E-state index < -0.39 is 0 Å². The predicted molar refractivity (Wildman–Crippen MR) is 119 cm³/mol. The summed E-state index contributed by atoms with van der Waals surface area (Å²) in [6.45, 7) is 6.45. The maximum atomic E-state index is 9.70. The number of aliphatic imine (C=N–C) groups is 1. The second-order valence-electron chi connectivity index (χ2n) is 7.01. The fourth-order valence-corrected chi connectivity index (χ4v) is 3.40. The number of aromatic hydroxyl groups is 1. The fourth-order valence-electron chi connectivity index (χ4n) is 3.40. The molecule has 2 aromatic carbocycles. The number of benzene rings is 2. The molecule has 0 aliphatic heterocycles. The maximum Gasteiger partial charge on any atom is 0.191 e.